The van der Waals surface area contributed by atoms with Gasteiger partial charge >= 0.3 is 6.03 Å². The Balaban J connectivity index is 1.78. The highest BCUT2D eigenvalue weighted by molar-refractivity contribution is 5.97. The largest absolute Gasteiger partial charge is 0.340 e. The Labute approximate surface area is 137 Å². The van der Waals surface area contributed by atoms with Gasteiger partial charge in [0.2, 0.25) is 11.8 Å². The van der Waals surface area contributed by atoms with Crippen LogP contribution in [-0.2, 0) is 9.59 Å². The first-order chi connectivity index (χ1) is 10.7. The smallest absolute Gasteiger partial charge is 0.321 e. The van der Waals surface area contributed by atoms with Crippen molar-refractivity contribution in [1.29, 1.82) is 0 Å². The van der Waals surface area contributed by atoms with E-state index in [-0.39, 0.29) is 29.3 Å². The summed E-state index contributed by atoms with van der Waals surface area (Å²) in [6, 6.07) is -0.567. The molecular weight excluding hydrogens is 296 g/mol. The minimum atomic E-state index is -0.411. The number of urea groups is 1. The molecule has 0 aromatic rings. The summed E-state index contributed by atoms with van der Waals surface area (Å²) in [5, 5.41) is 5.13. The summed E-state index contributed by atoms with van der Waals surface area (Å²) in [5.41, 5.74) is -0.383. The van der Waals surface area contributed by atoms with E-state index in [4.69, 9.17) is 0 Å². The van der Waals surface area contributed by atoms with Crippen molar-refractivity contribution in [2.75, 3.05) is 26.2 Å². The van der Waals surface area contributed by atoms with Gasteiger partial charge in [-0.25, -0.2) is 4.79 Å². The summed E-state index contributed by atoms with van der Waals surface area (Å²) in [6.45, 7) is 10.0. The Kier molecular flexibility index (Phi) is 5.29. The van der Waals surface area contributed by atoms with Gasteiger partial charge in [-0.15, -0.1) is 0 Å². The molecule has 7 heteroatoms. The molecule has 1 aliphatic carbocycles. The second kappa shape index (κ2) is 6.86. The number of hydrogen-bond acceptors (Lipinski definition) is 4. The third kappa shape index (κ3) is 4.92. The number of piperazine rings is 1. The molecule has 0 bridgehead atoms. The average Bonchev–Trinajstić information content (AvgIpc) is 3.28. The number of amides is 4. The van der Waals surface area contributed by atoms with E-state index < -0.39 is 6.03 Å². The van der Waals surface area contributed by atoms with Crippen LogP contribution in [0.3, 0.4) is 0 Å². The van der Waals surface area contributed by atoms with Crippen LogP contribution in [0.1, 0.15) is 40.5 Å². The van der Waals surface area contributed by atoms with Crippen molar-refractivity contribution >= 4 is 17.8 Å². The molecule has 1 aliphatic heterocycles. The van der Waals surface area contributed by atoms with Gasteiger partial charge in [0, 0.05) is 37.6 Å². The molecule has 0 aromatic carbocycles. The Bertz CT molecular complexity index is 474. The maximum Gasteiger partial charge on any atom is 0.321 e. The van der Waals surface area contributed by atoms with Crippen molar-refractivity contribution in [3.8, 4) is 0 Å². The highest BCUT2D eigenvalue weighted by Crippen LogP contribution is 2.19. The van der Waals surface area contributed by atoms with Crippen LogP contribution < -0.4 is 10.6 Å². The molecule has 2 aliphatic rings. The summed E-state index contributed by atoms with van der Waals surface area (Å²) < 4.78 is 0. The number of rotatable bonds is 3. The van der Waals surface area contributed by atoms with Crippen LogP contribution in [0.2, 0.25) is 0 Å². The monoisotopic (exact) mass is 324 g/mol. The Morgan fingerprint density at radius 2 is 1.61 bits per heavy atom. The molecule has 1 heterocycles. The highest BCUT2D eigenvalue weighted by Gasteiger charge is 2.32. The van der Waals surface area contributed by atoms with Gasteiger partial charge in [-0.3, -0.25) is 19.8 Å². The molecule has 1 unspecified atom stereocenters. The van der Waals surface area contributed by atoms with E-state index in [1.54, 1.807) is 6.92 Å². The summed E-state index contributed by atoms with van der Waals surface area (Å²) in [4.78, 5) is 39.9. The van der Waals surface area contributed by atoms with Crippen LogP contribution >= 0.6 is 0 Å². The molecule has 130 valence electrons. The molecule has 23 heavy (non-hydrogen) atoms. The van der Waals surface area contributed by atoms with Crippen molar-refractivity contribution in [1.82, 2.24) is 20.4 Å². The van der Waals surface area contributed by atoms with E-state index in [9.17, 15) is 14.4 Å². The van der Waals surface area contributed by atoms with Crippen LogP contribution in [0.5, 0.6) is 0 Å². The van der Waals surface area contributed by atoms with E-state index in [0.29, 0.717) is 26.2 Å². The molecule has 0 spiro atoms. The molecule has 2 rings (SSSR count). The van der Waals surface area contributed by atoms with Gasteiger partial charge in [-0.2, -0.15) is 0 Å². The zero-order valence-corrected chi connectivity index (χ0v) is 14.5. The first-order valence-corrected chi connectivity index (χ1v) is 8.33. The third-order valence-corrected chi connectivity index (χ3v) is 4.32. The Morgan fingerprint density at radius 3 is 2.09 bits per heavy atom. The second-order valence-corrected chi connectivity index (χ2v) is 7.49. The van der Waals surface area contributed by atoms with E-state index in [1.807, 2.05) is 30.6 Å². The zero-order chi connectivity index (χ0) is 17.2. The van der Waals surface area contributed by atoms with Crippen LogP contribution in [0, 0.1) is 5.41 Å². The minimum Gasteiger partial charge on any atom is -0.340 e. The van der Waals surface area contributed by atoms with Gasteiger partial charge in [-0.05, 0) is 19.8 Å². The molecule has 4 amide bonds. The fraction of sp³-hybridized carbons (Fsp3) is 0.812. The summed E-state index contributed by atoms with van der Waals surface area (Å²) in [5.74, 6) is -0.156. The van der Waals surface area contributed by atoms with Crippen LogP contribution in [0.15, 0.2) is 0 Å². The van der Waals surface area contributed by atoms with E-state index in [0.717, 1.165) is 12.8 Å². The minimum absolute atomic E-state index is 0.137. The van der Waals surface area contributed by atoms with Gasteiger partial charge < -0.3 is 10.2 Å². The predicted molar refractivity (Wildman–Crippen MR) is 86.8 cm³/mol. The third-order valence-electron chi connectivity index (χ3n) is 4.32. The fourth-order valence-electron chi connectivity index (χ4n) is 2.62. The van der Waals surface area contributed by atoms with E-state index in [2.05, 4.69) is 10.6 Å². The molecule has 1 atom stereocenters. The molecule has 2 N–H and O–H groups in total. The lowest BCUT2D eigenvalue weighted by Crippen LogP contribution is -2.57. The molecule has 1 saturated heterocycles. The van der Waals surface area contributed by atoms with Crippen LogP contribution in [0.4, 0.5) is 4.79 Å². The van der Waals surface area contributed by atoms with Crippen molar-refractivity contribution in [2.45, 2.75) is 52.6 Å². The second-order valence-electron chi connectivity index (χ2n) is 7.49. The SMILES string of the molecule is CC(C(=O)NC(=O)NC1CC1)N1CCN(C(=O)C(C)(C)C)CC1. The van der Waals surface area contributed by atoms with Crippen molar-refractivity contribution in [2.24, 2.45) is 5.41 Å². The predicted octanol–water partition coefficient (Wildman–Crippen LogP) is 0.553. The number of imide groups is 1. The van der Waals surface area contributed by atoms with Gasteiger partial charge in [0.1, 0.15) is 0 Å². The number of carbonyl (C=O) groups is 3. The topological polar surface area (TPSA) is 81.8 Å². The van der Waals surface area contributed by atoms with Gasteiger partial charge in [0.05, 0.1) is 6.04 Å². The van der Waals surface area contributed by atoms with Crippen LogP contribution in [-0.4, -0.2) is 65.9 Å². The van der Waals surface area contributed by atoms with E-state index >= 15 is 0 Å². The lowest BCUT2D eigenvalue weighted by atomic mass is 9.94. The number of hydrogen-bond donors (Lipinski definition) is 2. The summed E-state index contributed by atoms with van der Waals surface area (Å²) in [7, 11) is 0. The maximum absolute atomic E-state index is 12.3. The molecule has 0 aromatic heterocycles. The number of nitrogens with one attached hydrogen (secondary N) is 2. The van der Waals surface area contributed by atoms with Gasteiger partial charge in [0.15, 0.2) is 0 Å². The standard InChI is InChI=1S/C16H28N4O3/c1-11(13(21)18-15(23)17-12-5-6-12)19-7-9-20(10-8-19)14(22)16(2,3)4/h11-12H,5-10H2,1-4H3,(H2,17,18,21,23). The fourth-order valence-corrected chi connectivity index (χ4v) is 2.62. The van der Waals surface area contributed by atoms with Gasteiger partial charge in [0.25, 0.3) is 0 Å². The molecule has 7 nitrogen and oxygen atoms in total. The summed E-state index contributed by atoms with van der Waals surface area (Å²) >= 11 is 0. The van der Waals surface area contributed by atoms with Crippen LogP contribution in [0.25, 0.3) is 0 Å². The normalized spacial score (nSPS) is 20.8. The quantitative estimate of drug-likeness (QED) is 0.794. The number of carbonyl (C=O) groups excluding carboxylic acids is 3. The van der Waals surface area contributed by atoms with E-state index in [1.165, 1.54) is 0 Å². The number of nitrogens with zero attached hydrogens (tertiary/aromatic N) is 2. The molecule has 1 saturated carbocycles. The Morgan fingerprint density at radius 1 is 1.04 bits per heavy atom. The lowest BCUT2D eigenvalue weighted by Gasteiger charge is -2.39. The Hall–Kier alpha value is -1.63. The highest BCUT2D eigenvalue weighted by atomic mass is 16.2. The zero-order valence-electron chi connectivity index (χ0n) is 14.5. The van der Waals surface area contributed by atoms with Crippen molar-refractivity contribution in [3.05, 3.63) is 0 Å². The first kappa shape index (κ1) is 17.7. The molecular formula is C16H28N4O3. The summed E-state index contributed by atoms with van der Waals surface area (Å²) in [6.07, 6.45) is 1.97. The molecule has 2 fully saturated rings. The molecule has 0 radical (unpaired) electrons. The average molecular weight is 324 g/mol. The van der Waals surface area contributed by atoms with Gasteiger partial charge in [-0.1, -0.05) is 20.8 Å². The lowest BCUT2D eigenvalue weighted by molar-refractivity contribution is -0.141. The maximum atomic E-state index is 12.3. The van der Waals surface area contributed by atoms with Crippen molar-refractivity contribution in [3.63, 3.8) is 0 Å². The van der Waals surface area contributed by atoms with Crippen molar-refractivity contribution < 1.29 is 14.4 Å². The first-order valence-electron chi connectivity index (χ1n) is 8.33.